The number of aromatic nitrogens is 3. The van der Waals surface area contributed by atoms with Crippen LogP contribution in [0, 0.1) is 0 Å². The number of rotatable bonds is 2. The number of nitrogens with zero attached hydrogens (tertiary/aromatic N) is 3. The van der Waals surface area contributed by atoms with E-state index in [1.165, 1.54) is 38.4 Å². The van der Waals surface area contributed by atoms with Gasteiger partial charge in [-0.15, -0.1) is 0 Å². The summed E-state index contributed by atoms with van der Waals surface area (Å²) in [4.78, 5) is 9.93. The summed E-state index contributed by atoms with van der Waals surface area (Å²) in [6.07, 6.45) is 1.88. The number of fused-ring (bicyclic) bond motifs is 11. The van der Waals surface area contributed by atoms with Crippen molar-refractivity contribution >= 4 is 60.0 Å². The van der Waals surface area contributed by atoms with E-state index in [1.807, 2.05) is 12.3 Å². The van der Waals surface area contributed by atoms with Crippen LogP contribution in [0.25, 0.3) is 82.3 Å². The molecular weight excluding hydrogens is 498 g/mol. The summed E-state index contributed by atoms with van der Waals surface area (Å²) >= 11 is 0. The zero-order valence-electron chi connectivity index (χ0n) is 22.1. The Morgan fingerprint density at radius 3 is 2.20 bits per heavy atom. The second kappa shape index (κ2) is 8.48. The van der Waals surface area contributed by atoms with Gasteiger partial charge in [0, 0.05) is 27.7 Å². The molecular formula is C38H23N3. The molecule has 3 aromatic heterocycles. The van der Waals surface area contributed by atoms with Gasteiger partial charge >= 0.3 is 0 Å². The van der Waals surface area contributed by atoms with E-state index in [1.54, 1.807) is 0 Å². The predicted molar refractivity (Wildman–Crippen MR) is 171 cm³/mol. The van der Waals surface area contributed by atoms with Gasteiger partial charge in [-0.05, 0) is 63.4 Å². The van der Waals surface area contributed by atoms with Crippen molar-refractivity contribution in [1.29, 1.82) is 0 Å². The molecule has 0 fully saturated rings. The lowest BCUT2D eigenvalue weighted by molar-refractivity contribution is 1.31. The lowest BCUT2D eigenvalue weighted by Gasteiger charge is -2.13. The molecule has 0 radical (unpaired) electrons. The van der Waals surface area contributed by atoms with Crippen molar-refractivity contribution in [2.45, 2.75) is 0 Å². The standard InChI is InChI=1S/C38H23N3/c1-2-10-29-25(7-1)8-5-11-30(29)26-16-14-24(15-17-26)28-19-20-31-35(23-28)41-34-13-4-3-12-33(34)40-38(41)32-21-18-27-9-6-22-39-37(27)36(31)32/h1-23H. The molecule has 0 unspecified atom stereocenters. The Kier molecular flexibility index (Phi) is 4.61. The minimum Gasteiger partial charge on any atom is -0.292 e. The highest BCUT2D eigenvalue weighted by Crippen LogP contribution is 2.38. The average molecular weight is 522 g/mol. The Balaban J connectivity index is 1.30. The van der Waals surface area contributed by atoms with Gasteiger partial charge < -0.3 is 0 Å². The second-order valence-corrected chi connectivity index (χ2v) is 10.7. The first-order chi connectivity index (χ1) is 20.3. The van der Waals surface area contributed by atoms with Gasteiger partial charge in [-0.3, -0.25) is 9.38 Å². The quantitative estimate of drug-likeness (QED) is 0.212. The first kappa shape index (κ1) is 22.3. The summed E-state index contributed by atoms with van der Waals surface area (Å²) in [5.74, 6) is 0. The smallest absolute Gasteiger partial charge is 0.146 e. The second-order valence-electron chi connectivity index (χ2n) is 10.7. The molecule has 0 saturated carbocycles. The maximum Gasteiger partial charge on any atom is 0.146 e. The number of hydrogen-bond acceptors (Lipinski definition) is 2. The van der Waals surface area contributed by atoms with Crippen molar-refractivity contribution in [2.24, 2.45) is 0 Å². The third-order valence-corrected chi connectivity index (χ3v) is 8.40. The zero-order chi connectivity index (χ0) is 26.9. The fourth-order valence-corrected chi connectivity index (χ4v) is 6.48. The number of benzene rings is 6. The van der Waals surface area contributed by atoms with Crippen LogP contribution < -0.4 is 0 Å². The maximum atomic E-state index is 5.11. The van der Waals surface area contributed by atoms with Crippen LogP contribution in [0.5, 0.6) is 0 Å². The molecule has 0 aliphatic rings. The van der Waals surface area contributed by atoms with Crippen molar-refractivity contribution in [2.75, 3.05) is 0 Å². The lowest BCUT2D eigenvalue weighted by atomic mass is 9.95. The van der Waals surface area contributed by atoms with E-state index in [9.17, 15) is 0 Å². The highest BCUT2D eigenvalue weighted by Gasteiger charge is 2.17. The monoisotopic (exact) mass is 521 g/mol. The van der Waals surface area contributed by atoms with Crippen LogP contribution in [-0.2, 0) is 0 Å². The first-order valence-corrected chi connectivity index (χ1v) is 13.9. The molecule has 0 aliphatic carbocycles. The number of pyridine rings is 2. The zero-order valence-corrected chi connectivity index (χ0v) is 22.1. The summed E-state index contributed by atoms with van der Waals surface area (Å²) in [7, 11) is 0. The molecule has 6 aromatic carbocycles. The predicted octanol–water partition coefficient (Wildman–Crippen LogP) is 9.83. The fraction of sp³-hybridized carbons (Fsp3) is 0. The maximum absolute atomic E-state index is 5.11. The van der Waals surface area contributed by atoms with E-state index >= 15 is 0 Å². The third-order valence-electron chi connectivity index (χ3n) is 8.40. The fourth-order valence-electron chi connectivity index (χ4n) is 6.48. The molecule has 0 atom stereocenters. The molecule has 190 valence electrons. The van der Waals surface area contributed by atoms with Crippen LogP contribution in [0.4, 0.5) is 0 Å². The van der Waals surface area contributed by atoms with Gasteiger partial charge in [0.2, 0.25) is 0 Å². The molecule has 9 rings (SSSR count). The molecule has 3 heteroatoms. The van der Waals surface area contributed by atoms with E-state index < -0.39 is 0 Å². The van der Waals surface area contributed by atoms with E-state index in [-0.39, 0.29) is 0 Å². The van der Waals surface area contributed by atoms with Gasteiger partial charge in [0.25, 0.3) is 0 Å². The molecule has 41 heavy (non-hydrogen) atoms. The highest BCUT2D eigenvalue weighted by atomic mass is 15.0. The van der Waals surface area contributed by atoms with E-state index in [4.69, 9.17) is 9.97 Å². The number of imidazole rings is 1. The Bertz CT molecular complexity index is 2460. The molecule has 0 aliphatic heterocycles. The lowest BCUT2D eigenvalue weighted by Crippen LogP contribution is -1.94. The Labute approximate surface area is 236 Å². The topological polar surface area (TPSA) is 30.2 Å². The van der Waals surface area contributed by atoms with Crippen LogP contribution in [0.2, 0.25) is 0 Å². The first-order valence-electron chi connectivity index (χ1n) is 13.9. The molecule has 0 amide bonds. The third kappa shape index (κ3) is 3.26. The minimum atomic E-state index is 0.963. The molecule has 3 nitrogen and oxygen atoms in total. The van der Waals surface area contributed by atoms with Crippen molar-refractivity contribution in [1.82, 2.24) is 14.4 Å². The van der Waals surface area contributed by atoms with Crippen LogP contribution in [0.3, 0.4) is 0 Å². The minimum absolute atomic E-state index is 0.963. The van der Waals surface area contributed by atoms with Crippen LogP contribution in [0.15, 0.2) is 140 Å². The normalized spacial score (nSPS) is 11.9. The van der Waals surface area contributed by atoms with Crippen molar-refractivity contribution < 1.29 is 0 Å². The van der Waals surface area contributed by atoms with Gasteiger partial charge in [0.15, 0.2) is 0 Å². The Morgan fingerprint density at radius 2 is 1.24 bits per heavy atom. The van der Waals surface area contributed by atoms with E-state index in [0.717, 1.165) is 43.9 Å². The van der Waals surface area contributed by atoms with Gasteiger partial charge in [0.05, 0.1) is 22.1 Å². The molecule has 0 saturated heterocycles. The molecule has 0 spiro atoms. The number of para-hydroxylation sites is 2. The Hall–Kier alpha value is -5.54. The summed E-state index contributed by atoms with van der Waals surface area (Å²) < 4.78 is 2.32. The molecule has 9 aromatic rings. The summed E-state index contributed by atoms with van der Waals surface area (Å²) in [5, 5.41) is 7.11. The van der Waals surface area contributed by atoms with Gasteiger partial charge in [0.1, 0.15) is 5.65 Å². The largest absolute Gasteiger partial charge is 0.292 e. The van der Waals surface area contributed by atoms with E-state index in [0.29, 0.717) is 0 Å². The molecule has 0 N–H and O–H groups in total. The van der Waals surface area contributed by atoms with Crippen LogP contribution >= 0.6 is 0 Å². The Morgan fingerprint density at radius 1 is 0.488 bits per heavy atom. The molecule has 3 heterocycles. The van der Waals surface area contributed by atoms with Gasteiger partial charge in [-0.1, -0.05) is 103 Å². The average Bonchev–Trinajstić information content (AvgIpc) is 3.44. The van der Waals surface area contributed by atoms with E-state index in [2.05, 4.69) is 132 Å². The van der Waals surface area contributed by atoms with Crippen molar-refractivity contribution in [3.8, 4) is 22.3 Å². The number of hydrogen-bond donors (Lipinski definition) is 0. The highest BCUT2D eigenvalue weighted by molar-refractivity contribution is 6.23. The summed E-state index contributed by atoms with van der Waals surface area (Å²) in [6.45, 7) is 0. The summed E-state index contributed by atoms with van der Waals surface area (Å²) in [6, 6.07) is 47.7. The van der Waals surface area contributed by atoms with Crippen LogP contribution in [0.1, 0.15) is 0 Å². The molecule has 0 bridgehead atoms. The van der Waals surface area contributed by atoms with Gasteiger partial charge in [-0.25, -0.2) is 4.98 Å². The SMILES string of the molecule is c1ccc2c(-c3ccc(-c4ccc5c6c(ccc7cccnc76)c6nc7ccccc7n6c5c4)cc3)cccc2c1. The van der Waals surface area contributed by atoms with Crippen LogP contribution in [-0.4, -0.2) is 14.4 Å². The van der Waals surface area contributed by atoms with Gasteiger partial charge in [-0.2, -0.15) is 0 Å². The van der Waals surface area contributed by atoms with Crippen molar-refractivity contribution in [3.63, 3.8) is 0 Å². The summed E-state index contributed by atoms with van der Waals surface area (Å²) in [5.41, 5.74) is 10.0. The van der Waals surface area contributed by atoms with Crippen molar-refractivity contribution in [3.05, 3.63) is 140 Å².